The van der Waals surface area contributed by atoms with Crippen LogP contribution in [0.4, 0.5) is 24.7 Å². The van der Waals surface area contributed by atoms with Crippen molar-refractivity contribution in [2.24, 2.45) is 0 Å². The van der Waals surface area contributed by atoms with Crippen LogP contribution < -0.4 is 5.32 Å². The first-order valence-electron chi connectivity index (χ1n) is 5.72. The lowest BCUT2D eigenvalue weighted by atomic mass is 10.2. The van der Waals surface area contributed by atoms with Crippen LogP contribution >= 0.6 is 0 Å². The SMILES string of the molecule is Cc1nc(NCCCCC(F)(F)F)ccc1[N+](=O)[O-]. The lowest BCUT2D eigenvalue weighted by molar-refractivity contribution is -0.385. The molecule has 1 aromatic rings. The van der Waals surface area contributed by atoms with E-state index < -0.39 is 17.5 Å². The normalized spacial score (nSPS) is 11.4. The molecule has 0 saturated heterocycles. The summed E-state index contributed by atoms with van der Waals surface area (Å²) in [4.78, 5) is 14.0. The van der Waals surface area contributed by atoms with Crippen LogP contribution in [0.1, 0.15) is 25.0 Å². The molecule has 5 nitrogen and oxygen atoms in total. The molecule has 0 amide bonds. The van der Waals surface area contributed by atoms with Crippen LogP contribution in [0.25, 0.3) is 0 Å². The smallest absolute Gasteiger partial charge is 0.370 e. The van der Waals surface area contributed by atoms with Crippen LogP contribution in [0, 0.1) is 17.0 Å². The molecule has 0 radical (unpaired) electrons. The van der Waals surface area contributed by atoms with E-state index in [4.69, 9.17) is 0 Å². The Labute approximate surface area is 108 Å². The molecule has 1 heterocycles. The predicted octanol–water partition coefficient (Wildman–Crippen LogP) is 3.44. The molecule has 1 rings (SSSR count). The Morgan fingerprint density at radius 3 is 2.58 bits per heavy atom. The minimum atomic E-state index is -4.12. The molecular formula is C11H14F3N3O2. The summed E-state index contributed by atoms with van der Waals surface area (Å²) in [5, 5.41) is 13.4. The molecular weight excluding hydrogens is 263 g/mol. The van der Waals surface area contributed by atoms with Gasteiger partial charge in [-0.25, -0.2) is 4.98 Å². The van der Waals surface area contributed by atoms with Crippen molar-refractivity contribution in [3.8, 4) is 0 Å². The molecule has 1 N–H and O–H groups in total. The van der Waals surface area contributed by atoms with Gasteiger partial charge in [0.15, 0.2) is 0 Å². The highest BCUT2D eigenvalue weighted by atomic mass is 19.4. The van der Waals surface area contributed by atoms with Gasteiger partial charge in [-0.15, -0.1) is 0 Å². The molecule has 106 valence electrons. The molecule has 0 aliphatic heterocycles. The van der Waals surface area contributed by atoms with Gasteiger partial charge in [-0.1, -0.05) is 0 Å². The second kappa shape index (κ2) is 6.35. The van der Waals surface area contributed by atoms with Crippen molar-refractivity contribution in [2.45, 2.75) is 32.4 Å². The fraction of sp³-hybridized carbons (Fsp3) is 0.545. The Bertz CT molecular complexity index is 449. The Balaban J connectivity index is 2.38. The van der Waals surface area contributed by atoms with Crippen LogP contribution in [-0.2, 0) is 0 Å². The first kappa shape index (κ1) is 15.2. The molecule has 0 fully saturated rings. The van der Waals surface area contributed by atoms with E-state index in [1.165, 1.54) is 19.1 Å². The van der Waals surface area contributed by atoms with E-state index in [1.807, 2.05) is 0 Å². The van der Waals surface area contributed by atoms with Crippen LogP contribution in [0.2, 0.25) is 0 Å². The molecule has 0 aliphatic rings. The van der Waals surface area contributed by atoms with Crippen LogP contribution in [-0.4, -0.2) is 22.6 Å². The van der Waals surface area contributed by atoms with E-state index in [2.05, 4.69) is 10.3 Å². The lowest BCUT2D eigenvalue weighted by Crippen LogP contribution is -2.09. The van der Waals surface area contributed by atoms with Gasteiger partial charge < -0.3 is 5.32 Å². The zero-order valence-electron chi connectivity index (χ0n) is 10.3. The maximum atomic E-state index is 11.9. The molecule has 0 bridgehead atoms. The summed E-state index contributed by atoms with van der Waals surface area (Å²) in [7, 11) is 0. The first-order valence-corrected chi connectivity index (χ1v) is 5.72. The van der Waals surface area contributed by atoms with Gasteiger partial charge >= 0.3 is 6.18 Å². The van der Waals surface area contributed by atoms with Gasteiger partial charge in [0.1, 0.15) is 11.5 Å². The monoisotopic (exact) mass is 277 g/mol. The van der Waals surface area contributed by atoms with Crippen molar-refractivity contribution in [3.63, 3.8) is 0 Å². The van der Waals surface area contributed by atoms with Crippen LogP contribution in [0.3, 0.4) is 0 Å². The quantitative estimate of drug-likeness (QED) is 0.491. The summed E-state index contributed by atoms with van der Waals surface area (Å²) in [5.41, 5.74) is 0.188. The van der Waals surface area contributed by atoms with Gasteiger partial charge in [0, 0.05) is 19.0 Å². The summed E-state index contributed by atoms with van der Waals surface area (Å²) < 4.78 is 35.6. The number of unbranched alkanes of at least 4 members (excludes halogenated alkanes) is 1. The largest absolute Gasteiger partial charge is 0.389 e. The number of nitrogens with zero attached hydrogens (tertiary/aromatic N) is 2. The Kier molecular flexibility index (Phi) is 5.08. The van der Waals surface area contributed by atoms with E-state index >= 15 is 0 Å². The number of hydrogen-bond acceptors (Lipinski definition) is 4. The Hall–Kier alpha value is -1.86. The number of anilines is 1. The molecule has 0 spiro atoms. The molecule has 8 heteroatoms. The second-order valence-electron chi connectivity index (χ2n) is 4.06. The Morgan fingerprint density at radius 1 is 1.37 bits per heavy atom. The minimum Gasteiger partial charge on any atom is -0.370 e. The van der Waals surface area contributed by atoms with Crippen LogP contribution in [0.5, 0.6) is 0 Å². The maximum Gasteiger partial charge on any atom is 0.389 e. The number of hydrogen-bond donors (Lipinski definition) is 1. The molecule has 0 saturated carbocycles. The van der Waals surface area contributed by atoms with Gasteiger partial charge in [-0.2, -0.15) is 13.2 Å². The summed E-state index contributed by atoms with van der Waals surface area (Å²) in [6.45, 7) is 1.85. The molecule has 0 unspecified atom stereocenters. The predicted molar refractivity (Wildman–Crippen MR) is 64.0 cm³/mol. The molecule has 0 aromatic carbocycles. The van der Waals surface area contributed by atoms with E-state index in [0.717, 1.165) is 0 Å². The Morgan fingerprint density at radius 2 is 2.05 bits per heavy atom. The first-order chi connectivity index (χ1) is 8.79. The van der Waals surface area contributed by atoms with Crippen molar-refractivity contribution < 1.29 is 18.1 Å². The minimum absolute atomic E-state index is 0.0441. The van der Waals surface area contributed by atoms with Crippen molar-refractivity contribution >= 4 is 11.5 Å². The summed E-state index contributed by atoms with van der Waals surface area (Å²) >= 11 is 0. The number of aromatic nitrogens is 1. The van der Waals surface area contributed by atoms with E-state index in [-0.39, 0.29) is 17.8 Å². The third-order valence-corrected chi connectivity index (χ3v) is 2.45. The van der Waals surface area contributed by atoms with Crippen molar-refractivity contribution in [2.75, 3.05) is 11.9 Å². The third kappa shape index (κ3) is 5.54. The number of alkyl halides is 3. The average molecular weight is 277 g/mol. The molecule has 19 heavy (non-hydrogen) atoms. The summed E-state index contributed by atoms with van der Waals surface area (Å²) in [6, 6.07) is 2.76. The van der Waals surface area contributed by atoms with Gasteiger partial charge in [0.05, 0.1) is 4.92 Å². The highest BCUT2D eigenvalue weighted by Crippen LogP contribution is 2.22. The topological polar surface area (TPSA) is 68.1 Å². The zero-order valence-corrected chi connectivity index (χ0v) is 10.3. The van der Waals surface area contributed by atoms with Crippen LogP contribution in [0.15, 0.2) is 12.1 Å². The number of rotatable bonds is 6. The summed E-state index contributed by atoms with van der Waals surface area (Å²) in [6.07, 6.45) is -4.52. The molecule has 1 aromatic heterocycles. The number of nitro groups is 1. The van der Waals surface area contributed by atoms with Gasteiger partial charge in [0.25, 0.3) is 5.69 Å². The number of pyridine rings is 1. The molecule has 0 aliphatic carbocycles. The fourth-order valence-electron chi connectivity index (χ4n) is 1.51. The zero-order chi connectivity index (χ0) is 14.5. The maximum absolute atomic E-state index is 11.9. The number of nitrogens with one attached hydrogen (secondary N) is 1. The van der Waals surface area contributed by atoms with E-state index in [1.54, 1.807) is 0 Å². The number of aryl methyl sites for hydroxylation is 1. The third-order valence-electron chi connectivity index (χ3n) is 2.45. The van der Waals surface area contributed by atoms with E-state index in [9.17, 15) is 23.3 Å². The van der Waals surface area contributed by atoms with Crippen molar-refractivity contribution in [1.29, 1.82) is 0 Å². The van der Waals surface area contributed by atoms with Crippen molar-refractivity contribution in [1.82, 2.24) is 4.98 Å². The standard InChI is InChI=1S/C11H14F3N3O2/c1-8-9(17(18)19)4-5-10(16-8)15-7-3-2-6-11(12,13)14/h4-5H,2-3,6-7H2,1H3,(H,15,16). The van der Waals surface area contributed by atoms with Gasteiger partial charge in [-0.3, -0.25) is 10.1 Å². The van der Waals surface area contributed by atoms with Gasteiger partial charge in [0.2, 0.25) is 0 Å². The lowest BCUT2D eigenvalue weighted by Gasteiger charge is -2.08. The summed E-state index contributed by atoms with van der Waals surface area (Å²) in [5.74, 6) is 0.426. The average Bonchev–Trinajstić information content (AvgIpc) is 2.26. The van der Waals surface area contributed by atoms with Gasteiger partial charge in [-0.05, 0) is 25.8 Å². The second-order valence-corrected chi connectivity index (χ2v) is 4.06. The highest BCUT2D eigenvalue weighted by molar-refractivity contribution is 5.44. The molecule has 0 atom stereocenters. The fourth-order valence-corrected chi connectivity index (χ4v) is 1.51. The highest BCUT2D eigenvalue weighted by Gasteiger charge is 2.25. The number of halogens is 3. The van der Waals surface area contributed by atoms with E-state index in [0.29, 0.717) is 18.8 Å². The van der Waals surface area contributed by atoms with Crippen molar-refractivity contribution in [3.05, 3.63) is 27.9 Å².